The molecule has 1 saturated carbocycles. The average Bonchev–Trinajstić information content (AvgIpc) is 3.12. The van der Waals surface area contributed by atoms with Gasteiger partial charge in [0.25, 0.3) is 11.1 Å². The second kappa shape index (κ2) is 8.58. The SMILES string of the molecule is COc1ccccc1-c1nnc(SCC(=O)NC2CCCC(C)C2C)o1. The van der Waals surface area contributed by atoms with E-state index in [1.54, 1.807) is 7.11 Å². The van der Waals surface area contributed by atoms with Crippen molar-refractivity contribution in [3.63, 3.8) is 0 Å². The Balaban J connectivity index is 1.55. The van der Waals surface area contributed by atoms with Gasteiger partial charge in [0.1, 0.15) is 5.75 Å². The second-order valence-electron chi connectivity index (χ2n) is 6.80. The Morgan fingerprint density at radius 1 is 1.31 bits per heavy atom. The van der Waals surface area contributed by atoms with Crippen molar-refractivity contribution < 1.29 is 13.9 Å². The van der Waals surface area contributed by atoms with Crippen molar-refractivity contribution in [1.82, 2.24) is 15.5 Å². The zero-order chi connectivity index (χ0) is 18.5. The summed E-state index contributed by atoms with van der Waals surface area (Å²) < 4.78 is 11.0. The van der Waals surface area contributed by atoms with Crippen LogP contribution in [-0.4, -0.2) is 35.0 Å². The van der Waals surface area contributed by atoms with Gasteiger partial charge in [-0.2, -0.15) is 0 Å². The number of para-hydroxylation sites is 1. The maximum absolute atomic E-state index is 12.3. The molecule has 6 nitrogen and oxygen atoms in total. The van der Waals surface area contributed by atoms with Gasteiger partial charge in [0.15, 0.2) is 0 Å². The smallest absolute Gasteiger partial charge is 0.277 e. The Bertz CT molecular complexity index is 749. The Kier molecular flexibility index (Phi) is 6.19. The Labute approximate surface area is 158 Å². The number of nitrogens with zero attached hydrogens (tertiary/aromatic N) is 2. The first-order valence-corrected chi connectivity index (χ1v) is 9.96. The number of aromatic nitrogens is 2. The molecule has 140 valence electrons. The fourth-order valence-corrected chi connectivity index (χ4v) is 3.93. The van der Waals surface area contributed by atoms with E-state index < -0.39 is 0 Å². The van der Waals surface area contributed by atoms with Gasteiger partial charge < -0.3 is 14.5 Å². The molecule has 0 aliphatic heterocycles. The van der Waals surface area contributed by atoms with Gasteiger partial charge >= 0.3 is 0 Å². The number of ether oxygens (including phenoxy) is 1. The fraction of sp³-hybridized carbons (Fsp3) is 0.526. The maximum Gasteiger partial charge on any atom is 0.277 e. The molecule has 1 aliphatic carbocycles. The zero-order valence-corrected chi connectivity index (χ0v) is 16.2. The predicted molar refractivity (Wildman–Crippen MR) is 101 cm³/mol. The lowest BCUT2D eigenvalue weighted by molar-refractivity contribution is -0.120. The predicted octanol–water partition coefficient (Wildman–Crippen LogP) is 3.78. The summed E-state index contributed by atoms with van der Waals surface area (Å²) in [6.45, 7) is 4.48. The number of hydrogen-bond acceptors (Lipinski definition) is 6. The van der Waals surface area contributed by atoms with Crippen molar-refractivity contribution in [2.75, 3.05) is 12.9 Å². The lowest BCUT2D eigenvalue weighted by Crippen LogP contribution is -2.44. The number of rotatable bonds is 6. The van der Waals surface area contributed by atoms with Crippen LogP contribution in [0, 0.1) is 11.8 Å². The minimum atomic E-state index is 0.0120. The maximum atomic E-state index is 12.3. The quantitative estimate of drug-likeness (QED) is 0.774. The molecular formula is C19H25N3O3S. The van der Waals surface area contributed by atoms with Crippen molar-refractivity contribution in [2.45, 2.75) is 44.4 Å². The normalized spacial score (nSPS) is 22.8. The molecule has 2 aromatic rings. The molecule has 0 radical (unpaired) electrons. The van der Waals surface area contributed by atoms with Crippen LogP contribution in [0.1, 0.15) is 33.1 Å². The monoisotopic (exact) mass is 375 g/mol. The van der Waals surface area contributed by atoms with E-state index in [1.165, 1.54) is 24.6 Å². The minimum absolute atomic E-state index is 0.0120. The van der Waals surface area contributed by atoms with Crippen LogP contribution in [0.2, 0.25) is 0 Å². The lowest BCUT2D eigenvalue weighted by Gasteiger charge is -2.34. The molecule has 3 rings (SSSR count). The summed E-state index contributed by atoms with van der Waals surface area (Å²) in [6.07, 6.45) is 3.48. The number of carbonyl (C=O) groups is 1. The van der Waals surface area contributed by atoms with Gasteiger partial charge in [-0.3, -0.25) is 4.79 Å². The summed E-state index contributed by atoms with van der Waals surface area (Å²) in [5, 5.41) is 11.6. The second-order valence-corrected chi connectivity index (χ2v) is 7.73. The van der Waals surface area contributed by atoms with Crippen LogP contribution >= 0.6 is 11.8 Å². The number of benzene rings is 1. The summed E-state index contributed by atoms with van der Waals surface area (Å²) >= 11 is 1.25. The molecule has 3 unspecified atom stereocenters. The van der Waals surface area contributed by atoms with Crippen molar-refractivity contribution >= 4 is 17.7 Å². The molecule has 0 spiro atoms. The molecule has 1 aromatic heterocycles. The van der Waals surface area contributed by atoms with Crippen LogP contribution in [0.3, 0.4) is 0 Å². The van der Waals surface area contributed by atoms with E-state index in [-0.39, 0.29) is 17.7 Å². The first-order chi connectivity index (χ1) is 12.6. The van der Waals surface area contributed by atoms with Gasteiger partial charge in [-0.15, -0.1) is 10.2 Å². The molecule has 1 N–H and O–H groups in total. The highest BCUT2D eigenvalue weighted by atomic mass is 32.2. The van der Waals surface area contributed by atoms with E-state index in [2.05, 4.69) is 29.4 Å². The standard InChI is InChI=1S/C19H25N3O3S/c1-12-7-6-9-15(13(12)2)20-17(23)11-26-19-22-21-18(25-19)14-8-4-5-10-16(14)24-3/h4-5,8,10,12-13,15H,6-7,9,11H2,1-3H3,(H,20,23). The summed E-state index contributed by atoms with van der Waals surface area (Å²) in [6, 6.07) is 7.73. The number of carbonyl (C=O) groups excluding carboxylic acids is 1. The third-order valence-corrected chi connectivity index (χ3v) is 5.94. The van der Waals surface area contributed by atoms with Crippen LogP contribution in [-0.2, 0) is 4.79 Å². The van der Waals surface area contributed by atoms with Gasteiger partial charge in [0.05, 0.1) is 18.4 Å². The molecule has 7 heteroatoms. The van der Waals surface area contributed by atoms with E-state index in [0.717, 1.165) is 12.0 Å². The van der Waals surface area contributed by atoms with Crippen LogP contribution in [0.4, 0.5) is 0 Å². The van der Waals surface area contributed by atoms with Gasteiger partial charge in [0, 0.05) is 6.04 Å². The molecule has 1 heterocycles. The minimum Gasteiger partial charge on any atom is -0.496 e. The van der Waals surface area contributed by atoms with E-state index >= 15 is 0 Å². The Hall–Kier alpha value is -2.02. The molecule has 0 saturated heterocycles. The topological polar surface area (TPSA) is 77.2 Å². The van der Waals surface area contributed by atoms with E-state index in [1.807, 2.05) is 24.3 Å². The highest BCUT2D eigenvalue weighted by Crippen LogP contribution is 2.31. The van der Waals surface area contributed by atoms with E-state index in [4.69, 9.17) is 9.15 Å². The van der Waals surface area contributed by atoms with Crippen molar-refractivity contribution in [3.05, 3.63) is 24.3 Å². The number of nitrogens with one attached hydrogen (secondary N) is 1. The van der Waals surface area contributed by atoms with Crippen LogP contribution in [0.5, 0.6) is 5.75 Å². The summed E-state index contributed by atoms with van der Waals surface area (Å²) in [4.78, 5) is 12.3. The molecule has 1 amide bonds. The van der Waals surface area contributed by atoms with Crippen molar-refractivity contribution in [2.24, 2.45) is 11.8 Å². The summed E-state index contributed by atoms with van der Waals surface area (Å²) in [5.74, 6) is 2.51. The highest BCUT2D eigenvalue weighted by molar-refractivity contribution is 7.99. The van der Waals surface area contributed by atoms with Crippen LogP contribution in [0.15, 0.2) is 33.9 Å². The van der Waals surface area contributed by atoms with Gasteiger partial charge in [-0.05, 0) is 30.4 Å². The molecule has 3 atom stereocenters. The van der Waals surface area contributed by atoms with E-state index in [0.29, 0.717) is 28.7 Å². The summed E-state index contributed by atoms with van der Waals surface area (Å²) in [5.41, 5.74) is 0.740. The number of methoxy groups -OCH3 is 1. The van der Waals surface area contributed by atoms with Gasteiger partial charge in [0.2, 0.25) is 5.91 Å². The van der Waals surface area contributed by atoms with Crippen LogP contribution < -0.4 is 10.1 Å². The first-order valence-electron chi connectivity index (χ1n) is 8.97. The van der Waals surface area contributed by atoms with Crippen LogP contribution in [0.25, 0.3) is 11.5 Å². The molecule has 1 aliphatic rings. The third kappa shape index (κ3) is 4.38. The number of thioether (sulfide) groups is 1. The molecular weight excluding hydrogens is 350 g/mol. The van der Waals surface area contributed by atoms with Gasteiger partial charge in [-0.25, -0.2) is 0 Å². The number of amides is 1. The zero-order valence-electron chi connectivity index (χ0n) is 15.4. The molecule has 1 aromatic carbocycles. The third-order valence-electron chi connectivity index (χ3n) is 5.12. The van der Waals surface area contributed by atoms with E-state index in [9.17, 15) is 4.79 Å². The molecule has 26 heavy (non-hydrogen) atoms. The van der Waals surface area contributed by atoms with Gasteiger partial charge in [-0.1, -0.05) is 50.6 Å². The number of hydrogen-bond donors (Lipinski definition) is 1. The molecule has 0 bridgehead atoms. The lowest BCUT2D eigenvalue weighted by atomic mass is 9.78. The van der Waals surface area contributed by atoms with Crippen molar-refractivity contribution in [1.29, 1.82) is 0 Å². The highest BCUT2D eigenvalue weighted by Gasteiger charge is 2.28. The molecule has 1 fully saturated rings. The average molecular weight is 375 g/mol. The largest absolute Gasteiger partial charge is 0.496 e. The van der Waals surface area contributed by atoms with Crippen molar-refractivity contribution in [3.8, 4) is 17.2 Å². The first kappa shape index (κ1) is 18.8. The Morgan fingerprint density at radius 2 is 2.12 bits per heavy atom. The fourth-order valence-electron chi connectivity index (χ4n) is 3.36. The Morgan fingerprint density at radius 3 is 2.92 bits per heavy atom. The summed E-state index contributed by atoms with van der Waals surface area (Å²) in [7, 11) is 1.60.